The van der Waals surface area contributed by atoms with Crippen molar-refractivity contribution >= 4 is 23.3 Å². The monoisotopic (exact) mass is 400 g/mol. The lowest BCUT2D eigenvalue weighted by atomic mass is 10.0. The third kappa shape index (κ3) is 6.43. The predicted molar refractivity (Wildman–Crippen MR) is 116 cm³/mol. The van der Waals surface area contributed by atoms with Gasteiger partial charge in [0.1, 0.15) is 0 Å². The largest absolute Gasteiger partial charge is 0.371 e. The summed E-state index contributed by atoms with van der Waals surface area (Å²) in [6, 6.07) is 18.3. The molecule has 1 aliphatic heterocycles. The van der Waals surface area contributed by atoms with E-state index >= 15 is 0 Å². The second-order valence-electron chi connectivity index (χ2n) is 7.38. The van der Waals surface area contributed by atoms with Crippen LogP contribution in [0.4, 0.5) is 10.5 Å². The van der Waals surface area contributed by atoms with Gasteiger partial charge in [-0.25, -0.2) is 4.79 Å². The Bertz CT molecular complexity index is 730. The number of carbonyl (C=O) groups excluding carboxylic acids is 1. The first-order chi connectivity index (χ1) is 13.6. The molecular formula is C22H29ClN4O. The topological polar surface area (TPSA) is 70.4 Å². The lowest BCUT2D eigenvalue weighted by Gasteiger charge is -2.34. The standard InChI is InChI=1S/C22H29ClN4O/c23-18-6-8-21(9-7-18)27-14-11-20(12-15-27)26-22(28)25-13-10-19(24)16-17-4-2-1-3-5-17/h1-9,19-20H,10-16,24H2,(H2,25,26,28). The van der Waals surface area contributed by atoms with Crippen LogP contribution in [0.1, 0.15) is 24.8 Å². The van der Waals surface area contributed by atoms with Gasteiger partial charge in [-0.1, -0.05) is 41.9 Å². The minimum Gasteiger partial charge on any atom is -0.371 e. The Kier molecular flexibility index (Phi) is 7.57. The molecule has 6 heteroatoms. The first-order valence-corrected chi connectivity index (χ1v) is 10.3. The van der Waals surface area contributed by atoms with Crippen LogP contribution in [0.15, 0.2) is 54.6 Å². The Morgan fingerprint density at radius 1 is 1.11 bits per heavy atom. The minimum absolute atomic E-state index is 0.0466. The second kappa shape index (κ2) is 10.3. The molecule has 2 amide bonds. The van der Waals surface area contributed by atoms with Crippen molar-refractivity contribution in [2.24, 2.45) is 5.73 Å². The lowest BCUT2D eigenvalue weighted by Crippen LogP contribution is -2.48. The molecule has 5 nitrogen and oxygen atoms in total. The Hall–Kier alpha value is -2.24. The quantitative estimate of drug-likeness (QED) is 0.665. The van der Waals surface area contributed by atoms with E-state index in [9.17, 15) is 4.79 Å². The van der Waals surface area contributed by atoms with Crippen LogP contribution in [-0.4, -0.2) is 37.7 Å². The van der Waals surface area contributed by atoms with Crippen molar-refractivity contribution in [2.45, 2.75) is 37.8 Å². The van der Waals surface area contributed by atoms with E-state index < -0.39 is 0 Å². The van der Waals surface area contributed by atoms with Crippen LogP contribution in [-0.2, 0) is 6.42 Å². The molecule has 0 bridgehead atoms. The van der Waals surface area contributed by atoms with Crippen LogP contribution in [0.5, 0.6) is 0 Å². The van der Waals surface area contributed by atoms with Crippen molar-refractivity contribution in [3.63, 3.8) is 0 Å². The van der Waals surface area contributed by atoms with Gasteiger partial charge in [-0.3, -0.25) is 0 Å². The number of hydrogen-bond donors (Lipinski definition) is 3. The summed E-state index contributed by atoms with van der Waals surface area (Å²) in [7, 11) is 0. The molecule has 0 spiro atoms. The number of piperidine rings is 1. The van der Waals surface area contributed by atoms with Crippen LogP contribution >= 0.6 is 11.6 Å². The summed E-state index contributed by atoms with van der Waals surface area (Å²) < 4.78 is 0. The normalized spacial score (nSPS) is 15.9. The number of benzene rings is 2. The van der Waals surface area contributed by atoms with E-state index in [1.54, 1.807) is 0 Å². The number of nitrogens with two attached hydrogens (primary N) is 1. The number of hydrogen-bond acceptors (Lipinski definition) is 3. The third-order valence-corrected chi connectivity index (χ3v) is 5.42. The number of nitrogens with one attached hydrogen (secondary N) is 2. The maximum absolute atomic E-state index is 12.1. The van der Waals surface area contributed by atoms with Gasteiger partial charge in [0.05, 0.1) is 0 Å². The minimum atomic E-state index is -0.100. The average Bonchev–Trinajstić information content (AvgIpc) is 2.70. The van der Waals surface area contributed by atoms with Gasteiger partial charge in [-0.2, -0.15) is 0 Å². The highest BCUT2D eigenvalue weighted by molar-refractivity contribution is 6.30. The highest BCUT2D eigenvalue weighted by atomic mass is 35.5. The molecule has 150 valence electrons. The number of nitrogens with zero attached hydrogens (tertiary/aromatic N) is 1. The van der Waals surface area contributed by atoms with Crippen molar-refractivity contribution in [2.75, 3.05) is 24.5 Å². The van der Waals surface area contributed by atoms with Gasteiger partial charge >= 0.3 is 6.03 Å². The van der Waals surface area contributed by atoms with Crippen molar-refractivity contribution in [1.82, 2.24) is 10.6 Å². The maximum Gasteiger partial charge on any atom is 0.315 e. The van der Waals surface area contributed by atoms with E-state index in [1.807, 2.05) is 42.5 Å². The van der Waals surface area contributed by atoms with Gasteiger partial charge in [0.15, 0.2) is 0 Å². The number of halogens is 1. The molecule has 0 radical (unpaired) electrons. The van der Waals surface area contributed by atoms with Crippen molar-refractivity contribution < 1.29 is 4.79 Å². The Morgan fingerprint density at radius 2 is 1.79 bits per heavy atom. The molecule has 0 aliphatic carbocycles. The van der Waals surface area contributed by atoms with Crippen molar-refractivity contribution in [1.29, 1.82) is 0 Å². The SMILES string of the molecule is NC(CCNC(=O)NC1CCN(c2ccc(Cl)cc2)CC1)Cc1ccccc1. The third-order valence-electron chi connectivity index (χ3n) is 5.16. The Labute approximate surface area is 172 Å². The fourth-order valence-electron chi connectivity index (χ4n) is 3.56. The van der Waals surface area contributed by atoms with E-state index in [4.69, 9.17) is 17.3 Å². The lowest BCUT2D eigenvalue weighted by molar-refractivity contribution is 0.234. The molecule has 2 aromatic carbocycles. The van der Waals surface area contributed by atoms with Gasteiger partial charge in [-0.05, 0) is 55.5 Å². The van der Waals surface area contributed by atoms with Crippen molar-refractivity contribution in [3.8, 4) is 0 Å². The number of amides is 2. The number of urea groups is 1. The number of anilines is 1. The van der Waals surface area contributed by atoms with Crippen LogP contribution in [0.2, 0.25) is 5.02 Å². The van der Waals surface area contributed by atoms with Gasteiger partial charge in [0.25, 0.3) is 0 Å². The predicted octanol–water partition coefficient (Wildman–Crippen LogP) is 3.57. The molecule has 0 saturated carbocycles. The van der Waals surface area contributed by atoms with Crippen LogP contribution in [0, 0.1) is 0 Å². The summed E-state index contributed by atoms with van der Waals surface area (Å²) in [5, 5.41) is 6.77. The molecule has 1 atom stereocenters. The zero-order valence-corrected chi connectivity index (χ0v) is 16.9. The van der Waals surface area contributed by atoms with Crippen LogP contribution in [0.3, 0.4) is 0 Å². The van der Waals surface area contributed by atoms with Crippen molar-refractivity contribution in [3.05, 3.63) is 65.2 Å². The number of carbonyl (C=O) groups is 1. The smallest absolute Gasteiger partial charge is 0.315 e. The first-order valence-electron chi connectivity index (χ1n) is 9.94. The Balaban J connectivity index is 1.31. The molecule has 1 unspecified atom stereocenters. The summed E-state index contributed by atoms with van der Waals surface area (Å²) in [6.45, 7) is 2.44. The van der Waals surface area contributed by atoms with E-state index in [0.29, 0.717) is 6.54 Å². The van der Waals surface area contributed by atoms with Crippen LogP contribution < -0.4 is 21.3 Å². The molecule has 1 aliphatic rings. The molecule has 3 rings (SSSR count). The van der Waals surface area contributed by atoms with Gasteiger partial charge < -0.3 is 21.3 Å². The molecule has 1 saturated heterocycles. The fraction of sp³-hybridized carbons (Fsp3) is 0.409. The molecule has 1 fully saturated rings. The summed E-state index contributed by atoms with van der Waals surface area (Å²) in [6.07, 6.45) is 3.46. The maximum atomic E-state index is 12.1. The zero-order chi connectivity index (χ0) is 19.8. The molecule has 1 heterocycles. The Morgan fingerprint density at radius 3 is 2.46 bits per heavy atom. The number of rotatable bonds is 7. The summed E-state index contributed by atoms with van der Waals surface area (Å²) in [4.78, 5) is 14.5. The van der Waals surface area contributed by atoms with E-state index in [-0.39, 0.29) is 18.1 Å². The summed E-state index contributed by atoms with van der Waals surface area (Å²) >= 11 is 5.95. The molecule has 4 N–H and O–H groups in total. The molecule has 2 aromatic rings. The summed E-state index contributed by atoms with van der Waals surface area (Å²) in [5.41, 5.74) is 8.58. The highest BCUT2D eigenvalue weighted by Crippen LogP contribution is 2.22. The first kappa shape index (κ1) is 20.5. The van der Waals surface area contributed by atoms with Crippen LogP contribution in [0.25, 0.3) is 0 Å². The molecular weight excluding hydrogens is 372 g/mol. The van der Waals surface area contributed by atoms with E-state index in [1.165, 1.54) is 11.3 Å². The second-order valence-corrected chi connectivity index (χ2v) is 7.81. The van der Waals surface area contributed by atoms with Gasteiger partial charge in [0.2, 0.25) is 0 Å². The van der Waals surface area contributed by atoms with Gasteiger partial charge in [-0.15, -0.1) is 0 Å². The van der Waals surface area contributed by atoms with Gasteiger partial charge in [0, 0.05) is 42.4 Å². The highest BCUT2D eigenvalue weighted by Gasteiger charge is 2.20. The average molecular weight is 401 g/mol. The van der Waals surface area contributed by atoms with E-state index in [2.05, 4.69) is 27.7 Å². The zero-order valence-electron chi connectivity index (χ0n) is 16.1. The van der Waals surface area contributed by atoms with E-state index in [0.717, 1.165) is 43.8 Å². The fourth-order valence-corrected chi connectivity index (χ4v) is 3.69. The molecule has 28 heavy (non-hydrogen) atoms. The molecule has 0 aromatic heterocycles. The summed E-state index contributed by atoms with van der Waals surface area (Å²) in [5.74, 6) is 0.